The zero-order chi connectivity index (χ0) is 12.4. The van der Waals surface area contributed by atoms with Crippen molar-refractivity contribution in [3.05, 3.63) is 29.3 Å². The number of thiocarbonyl (C=S) groups is 1. The zero-order valence-corrected chi connectivity index (χ0v) is 11.7. The lowest BCUT2D eigenvalue weighted by Crippen LogP contribution is -2.31. The Balaban J connectivity index is 2.27. The number of carbonyl (C=O) groups is 1. The number of anilines is 1. The molecule has 0 radical (unpaired) electrons. The first-order valence-electron chi connectivity index (χ1n) is 5.43. The summed E-state index contributed by atoms with van der Waals surface area (Å²) in [6.07, 6.45) is 1.84. The summed E-state index contributed by atoms with van der Waals surface area (Å²) in [5, 5.41) is 0.577. The van der Waals surface area contributed by atoms with Crippen LogP contribution in [-0.2, 0) is 4.79 Å². The van der Waals surface area contributed by atoms with Gasteiger partial charge in [0.15, 0.2) is 0 Å². The molecular formula is C12H12ClNOS2. The Morgan fingerprint density at radius 1 is 1.53 bits per heavy atom. The highest BCUT2D eigenvalue weighted by Gasteiger charge is 2.37. The van der Waals surface area contributed by atoms with E-state index in [1.165, 1.54) is 11.8 Å². The minimum Gasteiger partial charge on any atom is -0.273 e. The number of benzene rings is 1. The van der Waals surface area contributed by atoms with Gasteiger partial charge in [-0.2, -0.15) is 0 Å². The van der Waals surface area contributed by atoms with Gasteiger partial charge in [-0.3, -0.25) is 9.69 Å². The van der Waals surface area contributed by atoms with E-state index in [-0.39, 0.29) is 11.2 Å². The van der Waals surface area contributed by atoms with Gasteiger partial charge in [-0.1, -0.05) is 55.0 Å². The van der Waals surface area contributed by atoms with Crippen molar-refractivity contribution in [3.8, 4) is 0 Å². The molecule has 1 aliphatic rings. The first-order valence-corrected chi connectivity index (χ1v) is 7.10. The van der Waals surface area contributed by atoms with Gasteiger partial charge in [0, 0.05) is 5.02 Å². The predicted molar refractivity (Wildman–Crippen MR) is 77.8 cm³/mol. The van der Waals surface area contributed by atoms with Crippen molar-refractivity contribution in [2.75, 3.05) is 4.90 Å². The summed E-state index contributed by atoms with van der Waals surface area (Å²) < 4.78 is 0.621. The van der Waals surface area contributed by atoms with Crippen molar-refractivity contribution < 1.29 is 4.79 Å². The number of thioether (sulfide) groups is 1. The summed E-state index contributed by atoms with van der Waals surface area (Å²) in [7, 11) is 0. The minimum absolute atomic E-state index is 0.0357. The minimum atomic E-state index is -0.0357. The second-order valence-corrected chi connectivity index (χ2v) is 6.09. The third-order valence-electron chi connectivity index (χ3n) is 2.54. The van der Waals surface area contributed by atoms with E-state index in [2.05, 4.69) is 6.92 Å². The van der Waals surface area contributed by atoms with E-state index in [1.807, 2.05) is 12.1 Å². The van der Waals surface area contributed by atoms with Gasteiger partial charge in [-0.25, -0.2) is 0 Å². The van der Waals surface area contributed by atoms with Crippen LogP contribution in [0.3, 0.4) is 0 Å². The summed E-state index contributed by atoms with van der Waals surface area (Å²) >= 11 is 12.7. The SMILES string of the molecule is CCCC1SC(=S)N(c2cccc(Cl)c2)C1=O. The standard InChI is InChI=1S/C12H12ClNOS2/c1-2-4-10-11(15)14(12(16)17-10)9-6-3-5-8(13)7-9/h3,5-7,10H,2,4H2,1H3. The molecule has 0 aromatic heterocycles. The Bertz CT molecular complexity index is 464. The van der Waals surface area contributed by atoms with Crippen LogP contribution >= 0.6 is 35.6 Å². The summed E-state index contributed by atoms with van der Waals surface area (Å²) in [6, 6.07) is 7.22. The molecule has 1 amide bonds. The van der Waals surface area contributed by atoms with E-state index in [0.29, 0.717) is 9.34 Å². The molecule has 1 unspecified atom stereocenters. The molecule has 1 heterocycles. The van der Waals surface area contributed by atoms with Gasteiger partial charge in [0.05, 0.1) is 10.9 Å². The summed E-state index contributed by atoms with van der Waals surface area (Å²) in [4.78, 5) is 13.8. The number of carbonyl (C=O) groups excluding carboxylic acids is 1. The van der Waals surface area contributed by atoms with Crippen molar-refractivity contribution in [1.29, 1.82) is 0 Å². The first kappa shape index (κ1) is 12.9. The molecule has 1 fully saturated rings. The Morgan fingerprint density at radius 2 is 2.29 bits per heavy atom. The maximum atomic E-state index is 12.2. The van der Waals surface area contributed by atoms with Crippen LogP contribution in [0.4, 0.5) is 5.69 Å². The predicted octanol–water partition coefficient (Wildman–Crippen LogP) is 3.87. The van der Waals surface area contributed by atoms with Crippen molar-refractivity contribution in [1.82, 2.24) is 0 Å². The molecule has 1 atom stereocenters. The monoisotopic (exact) mass is 285 g/mol. The zero-order valence-electron chi connectivity index (χ0n) is 9.35. The van der Waals surface area contributed by atoms with Crippen LogP contribution in [0, 0.1) is 0 Å². The van der Waals surface area contributed by atoms with E-state index >= 15 is 0 Å². The van der Waals surface area contributed by atoms with E-state index < -0.39 is 0 Å². The maximum Gasteiger partial charge on any atom is 0.246 e. The molecule has 0 N–H and O–H groups in total. The normalized spacial score (nSPS) is 20.1. The van der Waals surface area contributed by atoms with Gasteiger partial charge in [-0.05, 0) is 24.6 Å². The number of amides is 1. The number of halogens is 1. The molecular weight excluding hydrogens is 274 g/mol. The van der Waals surface area contributed by atoms with Crippen LogP contribution in [0.25, 0.3) is 0 Å². The molecule has 0 aliphatic carbocycles. The fraction of sp³-hybridized carbons (Fsp3) is 0.333. The van der Waals surface area contributed by atoms with E-state index in [9.17, 15) is 4.79 Å². The van der Waals surface area contributed by atoms with E-state index in [1.54, 1.807) is 17.0 Å². The topological polar surface area (TPSA) is 20.3 Å². The van der Waals surface area contributed by atoms with E-state index in [0.717, 1.165) is 18.5 Å². The molecule has 2 nitrogen and oxygen atoms in total. The van der Waals surface area contributed by atoms with Crippen LogP contribution in [-0.4, -0.2) is 15.5 Å². The van der Waals surface area contributed by atoms with Gasteiger partial charge < -0.3 is 0 Å². The van der Waals surface area contributed by atoms with Crippen LogP contribution < -0.4 is 4.90 Å². The lowest BCUT2D eigenvalue weighted by molar-refractivity contribution is -0.117. The third-order valence-corrected chi connectivity index (χ3v) is 4.35. The highest BCUT2D eigenvalue weighted by atomic mass is 35.5. The second-order valence-electron chi connectivity index (χ2n) is 3.81. The number of nitrogens with zero attached hydrogens (tertiary/aromatic N) is 1. The van der Waals surface area contributed by atoms with Gasteiger partial charge in [0.2, 0.25) is 5.91 Å². The molecule has 1 aromatic rings. The lowest BCUT2D eigenvalue weighted by atomic mass is 10.2. The van der Waals surface area contributed by atoms with Crippen LogP contribution in [0.2, 0.25) is 5.02 Å². The summed E-state index contributed by atoms with van der Waals surface area (Å²) in [5.74, 6) is 0.0733. The smallest absolute Gasteiger partial charge is 0.246 e. The van der Waals surface area contributed by atoms with Gasteiger partial charge in [-0.15, -0.1) is 0 Å². The Morgan fingerprint density at radius 3 is 2.94 bits per heavy atom. The molecule has 1 aliphatic heterocycles. The molecule has 1 saturated heterocycles. The number of hydrogen-bond donors (Lipinski definition) is 0. The van der Waals surface area contributed by atoms with Crippen molar-refractivity contribution in [2.24, 2.45) is 0 Å². The molecule has 5 heteroatoms. The maximum absolute atomic E-state index is 12.2. The molecule has 1 aromatic carbocycles. The third kappa shape index (κ3) is 2.64. The van der Waals surface area contributed by atoms with Crippen molar-refractivity contribution >= 4 is 51.5 Å². The van der Waals surface area contributed by atoms with Crippen molar-refractivity contribution in [2.45, 2.75) is 25.0 Å². The molecule has 90 valence electrons. The second kappa shape index (κ2) is 5.38. The van der Waals surface area contributed by atoms with Gasteiger partial charge in [0.1, 0.15) is 4.32 Å². The first-order chi connectivity index (χ1) is 8.13. The fourth-order valence-corrected chi connectivity index (χ4v) is 3.58. The lowest BCUT2D eigenvalue weighted by Gasteiger charge is -2.15. The molecule has 17 heavy (non-hydrogen) atoms. The van der Waals surface area contributed by atoms with Gasteiger partial charge >= 0.3 is 0 Å². The quantitative estimate of drug-likeness (QED) is 0.786. The molecule has 0 spiro atoms. The Hall–Kier alpha value is -0.580. The summed E-state index contributed by atoms with van der Waals surface area (Å²) in [6.45, 7) is 2.07. The number of hydrogen-bond acceptors (Lipinski definition) is 3. The average molecular weight is 286 g/mol. The molecule has 0 saturated carbocycles. The highest BCUT2D eigenvalue weighted by Crippen LogP contribution is 2.34. The van der Waals surface area contributed by atoms with Gasteiger partial charge in [0.25, 0.3) is 0 Å². The van der Waals surface area contributed by atoms with Crippen LogP contribution in [0.5, 0.6) is 0 Å². The number of rotatable bonds is 3. The molecule has 0 bridgehead atoms. The Kier molecular flexibility index (Phi) is 4.07. The average Bonchev–Trinajstić information content (AvgIpc) is 2.55. The van der Waals surface area contributed by atoms with Crippen molar-refractivity contribution in [3.63, 3.8) is 0 Å². The summed E-state index contributed by atoms with van der Waals surface area (Å²) in [5.41, 5.74) is 0.763. The largest absolute Gasteiger partial charge is 0.273 e. The van der Waals surface area contributed by atoms with Crippen LogP contribution in [0.15, 0.2) is 24.3 Å². The van der Waals surface area contributed by atoms with Crippen LogP contribution in [0.1, 0.15) is 19.8 Å². The highest BCUT2D eigenvalue weighted by molar-refractivity contribution is 8.25. The van der Waals surface area contributed by atoms with E-state index in [4.69, 9.17) is 23.8 Å². The Labute approximate surface area is 115 Å². The fourth-order valence-electron chi connectivity index (χ4n) is 1.75. The molecule has 2 rings (SSSR count).